The van der Waals surface area contributed by atoms with E-state index in [2.05, 4.69) is 9.89 Å². The minimum Gasteiger partial charge on any atom is -0.457 e. The minimum atomic E-state index is -0.0322. The lowest BCUT2D eigenvalue weighted by atomic mass is 9.87. The first-order chi connectivity index (χ1) is 6.77. The number of nitrogens with zero attached hydrogens (tertiary/aromatic N) is 2. The van der Waals surface area contributed by atoms with Gasteiger partial charge in [-0.05, 0) is 19.4 Å². The van der Waals surface area contributed by atoms with Gasteiger partial charge in [0.05, 0.1) is 6.54 Å². The molecule has 1 spiro atoms. The average molecular weight is 195 g/mol. The Kier molecular flexibility index (Phi) is 1.74. The highest BCUT2D eigenvalue weighted by Crippen LogP contribution is 2.37. The van der Waals surface area contributed by atoms with Crippen molar-refractivity contribution >= 4 is 6.02 Å². The van der Waals surface area contributed by atoms with Crippen LogP contribution in [0.1, 0.15) is 25.7 Å². The molecule has 0 aromatic heterocycles. The number of hydrogen-bond donors (Lipinski definition) is 1. The molecule has 4 nitrogen and oxygen atoms in total. The maximum atomic E-state index is 5.70. The summed E-state index contributed by atoms with van der Waals surface area (Å²) in [7, 11) is 0. The zero-order valence-electron chi connectivity index (χ0n) is 8.41. The van der Waals surface area contributed by atoms with Gasteiger partial charge in [-0.1, -0.05) is 0 Å². The van der Waals surface area contributed by atoms with E-state index in [9.17, 15) is 0 Å². The van der Waals surface area contributed by atoms with E-state index < -0.39 is 0 Å². The van der Waals surface area contributed by atoms with E-state index in [-0.39, 0.29) is 5.60 Å². The summed E-state index contributed by atoms with van der Waals surface area (Å²) < 4.78 is 5.70. The molecule has 0 bridgehead atoms. The van der Waals surface area contributed by atoms with Gasteiger partial charge in [0.2, 0.25) is 0 Å². The number of ether oxygens (including phenoxy) is 1. The Hall–Kier alpha value is -0.770. The Morgan fingerprint density at radius 3 is 3.21 bits per heavy atom. The van der Waals surface area contributed by atoms with E-state index in [0.717, 1.165) is 32.0 Å². The maximum absolute atomic E-state index is 5.70. The lowest BCUT2D eigenvalue weighted by Gasteiger charge is -2.40. The third-order valence-corrected chi connectivity index (χ3v) is 3.81. The van der Waals surface area contributed by atoms with Crippen molar-refractivity contribution in [2.45, 2.75) is 37.3 Å². The van der Waals surface area contributed by atoms with Gasteiger partial charge in [-0.25, -0.2) is 4.99 Å². The molecule has 14 heavy (non-hydrogen) atoms. The normalized spacial score (nSPS) is 42.3. The fourth-order valence-corrected chi connectivity index (χ4v) is 3.04. The molecule has 0 amide bonds. The second-order valence-electron chi connectivity index (χ2n) is 4.73. The Balaban J connectivity index is 1.73. The Morgan fingerprint density at radius 1 is 1.50 bits per heavy atom. The molecule has 2 fully saturated rings. The number of hydrogen-bond acceptors (Lipinski definition) is 4. The van der Waals surface area contributed by atoms with Crippen LogP contribution in [0.4, 0.5) is 0 Å². The molecule has 2 saturated heterocycles. The van der Waals surface area contributed by atoms with Crippen molar-refractivity contribution in [3.63, 3.8) is 0 Å². The van der Waals surface area contributed by atoms with Gasteiger partial charge in [0.15, 0.2) is 0 Å². The molecule has 3 aliphatic rings. The van der Waals surface area contributed by atoms with E-state index >= 15 is 0 Å². The molecule has 4 heteroatoms. The third kappa shape index (κ3) is 1.21. The zero-order valence-corrected chi connectivity index (χ0v) is 8.41. The average Bonchev–Trinajstić information content (AvgIpc) is 2.74. The third-order valence-electron chi connectivity index (χ3n) is 3.81. The van der Waals surface area contributed by atoms with Gasteiger partial charge >= 0.3 is 0 Å². The van der Waals surface area contributed by atoms with Crippen LogP contribution in [0.5, 0.6) is 0 Å². The van der Waals surface area contributed by atoms with Crippen molar-refractivity contribution in [2.24, 2.45) is 10.7 Å². The summed E-state index contributed by atoms with van der Waals surface area (Å²) in [5.74, 6) is 0. The molecule has 78 valence electrons. The Morgan fingerprint density at radius 2 is 2.43 bits per heavy atom. The summed E-state index contributed by atoms with van der Waals surface area (Å²) in [5, 5.41) is 0. The van der Waals surface area contributed by atoms with E-state index in [4.69, 9.17) is 10.5 Å². The summed E-state index contributed by atoms with van der Waals surface area (Å²) in [6, 6.07) is 1.13. The topological polar surface area (TPSA) is 50.8 Å². The number of rotatable bonds is 0. The molecular weight excluding hydrogens is 178 g/mol. The summed E-state index contributed by atoms with van der Waals surface area (Å²) >= 11 is 0. The monoisotopic (exact) mass is 195 g/mol. The van der Waals surface area contributed by atoms with Gasteiger partial charge < -0.3 is 15.4 Å². The molecule has 2 atom stereocenters. The van der Waals surface area contributed by atoms with E-state index in [1.54, 1.807) is 0 Å². The minimum absolute atomic E-state index is 0.0322. The predicted octanol–water partition coefficient (Wildman–Crippen LogP) is 0.328. The van der Waals surface area contributed by atoms with Crippen molar-refractivity contribution in [1.29, 1.82) is 0 Å². The van der Waals surface area contributed by atoms with Crippen molar-refractivity contribution < 1.29 is 4.74 Å². The Labute approximate surface area is 84.1 Å². The van der Waals surface area contributed by atoms with Crippen LogP contribution in [-0.2, 0) is 4.74 Å². The molecule has 2 N–H and O–H groups in total. The molecule has 3 rings (SSSR count). The van der Waals surface area contributed by atoms with Crippen molar-refractivity contribution in [1.82, 2.24) is 4.90 Å². The second kappa shape index (κ2) is 2.86. The summed E-state index contributed by atoms with van der Waals surface area (Å²) in [6.07, 6.45) is 4.88. The van der Waals surface area contributed by atoms with Crippen molar-refractivity contribution in [2.75, 3.05) is 19.6 Å². The highest BCUT2D eigenvalue weighted by atomic mass is 16.5. The first-order valence-electron chi connectivity index (χ1n) is 5.50. The molecule has 3 heterocycles. The first-order valence-corrected chi connectivity index (χ1v) is 5.50. The molecule has 3 aliphatic heterocycles. The van der Waals surface area contributed by atoms with Crippen LogP contribution < -0.4 is 5.73 Å². The quantitative estimate of drug-likeness (QED) is 0.606. The zero-order chi connectivity index (χ0) is 9.60. The van der Waals surface area contributed by atoms with Crippen LogP contribution in [-0.4, -0.2) is 42.2 Å². The lowest BCUT2D eigenvalue weighted by Crippen LogP contribution is -2.50. The van der Waals surface area contributed by atoms with Crippen LogP contribution in [0.25, 0.3) is 0 Å². The smallest absolute Gasteiger partial charge is 0.282 e. The number of amidine groups is 1. The molecule has 0 radical (unpaired) electrons. The number of fused-ring (bicyclic) bond motifs is 1. The molecule has 0 aliphatic carbocycles. The van der Waals surface area contributed by atoms with Crippen LogP contribution in [0, 0.1) is 0 Å². The van der Waals surface area contributed by atoms with Gasteiger partial charge in [0.25, 0.3) is 6.02 Å². The molecular formula is C10H17N3O. The van der Waals surface area contributed by atoms with Gasteiger partial charge in [-0.15, -0.1) is 0 Å². The largest absolute Gasteiger partial charge is 0.457 e. The van der Waals surface area contributed by atoms with Gasteiger partial charge in [0, 0.05) is 25.4 Å². The SMILES string of the molecule is NC1=NCC2(CCN3CCCC3C2)O1. The van der Waals surface area contributed by atoms with Crippen LogP contribution in [0.15, 0.2) is 4.99 Å². The molecule has 0 saturated carbocycles. The lowest BCUT2D eigenvalue weighted by molar-refractivity contribution is -0.00322. The highest BCUT2D eigenvalue weighted by molar-refractivity contribution is 5.73. The number of nitrogens with two attached hydrogens (primary N) is 1. The number of aliphatic imine (C=N–C) groups is 1. The Bertz CT molecular complexity index is 279. The maximum Gasteiger partial charge on any atom is 0.282 e. The van der Waals surface area contributed by atoms with Crippen LogP contribution in [0.3, 0.4) is 0 Å². The van der Waals surface area contributed by atoms with Gasteiger partial charge in [-0.3, -0.25) is 0 Å². The van der Waals surface area contributed by atoms with E-state index in [1.165, 1.54) is 19.4 Å². The standard InChI is InChI=1S/C10H17N3O/c11-9-12-7-10(14-9)3-5-13-4-1-2-8(13)6-10/h8H,1-7H2,(H2,11,12). The fraction of sp³-hybridized carbons (Fsp3) is 0.900. The van der Waals surface area contributed by atoms with Crippen molar-refractivity contribution in [3.8, 4) is 0 Å². The summed E-state index contributed by atoms with van der Waals surface area (Å²) in [5.41, 5.74) is 5.56. The van der Waals surface area contributed by atoms with E-state index in [1.807, 2.05) is 0 Å². The molecule has 0 aromatic rings. The summed E-state index contributed by atoms with van der Waals surface area (Å²) in [4.78, 5) is 6.77. The second-order valence-corrected chi connectivity index (χ2v) is 4.73. The molecule has 2 unspecified atom stereocenters. The van der Waals surface area contributed by atoms with Crippen LogP contribution in [0.2, 0.25) is 0 Å². The van der Waals surface area contributed by atoms with Gasteiger partial charge in [-0.2, -0.15) is 0 Å². The predicted molar refractivity (Wildman–Crippen MR) is 54.1 cm³/mol. The van der Waals surface area contributed by atoms with Crippen molar-refractivity contribution in [3.05, 3.63) is 0 Å². The van der Waals surface area contributed by atoms with E-state index in [0.29, 0.717) is 6.02 Å². The fourth-order valence-electron chi connectivity index (χ4n) is 3.04. The van der Waals surface area contributed by atoms with Crippen LogP contribution >= 0.6 is 0 Å². The highest BCUT2D eigenvalue weighted by Gasteiger charge is 2.45. The summed E-state index contributed by atoms with van der Waals surface area (Å²) in [6.45, 7) is 3.22. The number of piperidine rings is 1. The molecule has 0 aromatic carbocycles. The van der Waals surface area contributed by atoms with Gasteiger partial charge in [0.1, 0.15) is 5.60 Å². The first kappa shape index (κ1) is 8.53.